The third-order valence-electron chi connectivity index (χ3n) is 6.04. The smallest absolute Gasteiger partial charge is 0.229 e. The van der Waals surface area contributed by atoms with Gasteiger partial charge in [0.15, 0.2) is 11.5 Å². The Hall–Kier alpha value is -3.11. The van der Waals surface area contributed by atoms with Gasteiger partial charge in [0.05, 0.1) is 42.9 Å². The van der Waals surface area contributed by atoms with E-state index >= 15 is 0 Å². The molecule has 0 saturated carbocycles. The van der Waals surface area contributed by atoms with E-state index in [0.29, 0.717) is 36.2 Å². The molecule has 2 aliphatic heterocycles. The molecule has 0 N–H and O–H groups in total. The van der Waals surface area contributed by atoms with E-state index in [1.165, 1.54) is 11.1 Å². The van der Waals surface area contributed by atoms with Crippen molar-refractivity contribution in [2.24, 2.45) is 0 Å². The summed E-state index contributed by atoms with van der Waals surface area (Å²) in [4.78, 5) is 17.1. The number of amides is 1. The largest absolute Gasteiger partial charge is 0.493 e. The Kier molecular flexibility index (Phi) is 6.33. The summed E-state index contributed by atoms with van der Waals surface area (Å²) in [5, 5.41) is 10.8. The first kappa shape index (κ1) is 22.1. The molecule has 2 aliphatic rings. The van der Waals surface area contributed by atoms with Gasteiger partial charge in [-0.15, -0.1) is 0 Å². The Balaban J connectivity index is 1.65. The highest BCUT2D eigenvalue weighted by molar-refractivity contribution is 8.03. The topological polar surface area (TPSA) is 65.8 Å². The van der Waals surface area contributed by atoms with Gasteiger partial charge >= 0.3 is 0 Å². The van der Waals surface area contributed by atoms with Crippen molar-refractivity contribution in [1.82, 2.24) is 4.90 Å². The molecule has 32 heavy (non-hydrogen) atoms. The van der Waals surface area contributed by atoms with Gasteiger partial charge in [0.1, 0.15) is 0 Å². The molecule has 0 spiro atoms. The van der Waals surface area contributed by atoms with Gasteiger partial charge in [0, 0.05) is 18.0 Å². The Bertz CT molecular complexity index is 1120. The van der Waals surface area contributed by atoms with Crippen LogP contribution in [0.15, 0.2) is 47.0 Å². The van der Waals surface area contributed by atoms with E-state index in [0.717, 1.165) is 16.3 Å². The molecule has 2 heterocycles. The maximum atomic E-state index is 13.2. The Morgan fingerprint density at radius 3 is 2.66 bits per heavy atom. The molecule has 1 amide bonds. The van der Waals surface area contributed by atoms with E-state index in [-0.39, 0.29) is 18.2 Å². The predicted molar refractivity (Wildman–Crippen MR) is 127 cm³/mol. The molecule has 1 saturated heterocycles. The number of carbonyl (C=O) groups excluding carboxylic acids is 1. The number of thioether (sulfide) groups is 1. The third-order valence-corrected chi connectivity index (χ3v) is 7.19. The minimum absolute atomic E-state index is 0.0258. The standard InChI is InChI=1S/C25H27N3O3S/c1-5-31-22-9-7-18(11-23(22)30-4)20-12-24(29)28-14-27(15-32-25(28)21(20)13-26)19-8-6-16(2)17(3)10-19/h6-11,20H,5,12,14-15H2,1-4H3/t20-/m1/s1. The maximum absolute atomic E-state index is 13.2. The van der Waals surface area contributed by atoms with Gasteiger partial charge in [-0.25, -0.2) is 0 Å². The molecule has 0 aromatic heterocycles. The zero-order chi connectivity index (χ0) is 22.8. The predicted octanol–water partition coefficient (Wildman–Crippen LogP) is 4.93. The number of allylic oxidation sites excluding steroid dienone is 1. The minimum atomic E-state index is -0.288. The number of methoxy groups -OCH3 is 1. The minimum Gasteiger partial charge on any atom is -0.493 e. The van der Waals surface area contributed by atoms with Crippen molar-refractivity contribution in [2.45, 2.75) is 33.1 Å². The number of rotatable bonds is 5. The number of nitriles is 1. The van der Waals surface area contributed by atoms with Crippen molar-refractivity contribution in [3.63, 3.8) is 0 Å². The molecule has 7 heteroatoms. The molecule has 0 bridgehead atoms. The van der Waals surface area contributed by atoms with Gasteiger partial charge in [0.2, 0.25) is 5.91 Å². The molecule has 2 aromatic rings. The lowest BCUT2D eigenvalue weighted by atomic mass is 9.86. The molecule has 166 valence electrons. The van der Waals surface area contributed by atoms with E-state index in [4.69, 9.17) is 9.47 Å². The second kappa shape index (κ2) is 9.17. The summed E-state index contributed by atoms with van der Waals surface area (Å²) >= 11 is 1.55. The lowest BCUT2D eigenvalue weighted by Crippen LogP contribution is -2.47. The number of aryl methyl sites for hydroxylation is 2. The molecule has 1 atom stereocenters. The molecule has 2 aromatic carbocycles. The summed E-state index contributed by atoms with van der Waals surface area (Å²) in [7, 11) is 1.59. The molecule has 0 aliphatic carbocycles. The van der Waals surface area contributed by atoms with E-state index in [9.17, 15) is 10.1 Å². The molecule has 0 unspecified atom stereocenters. The number of fused-ring (bicyclic) bond motifs is 1. The van der Waals surface area contributed by atoms with E-state index < -0.39 is 0 Å². The molecule has 6 nitrogen and oxygen atoms in total. The van der Waals surface area contributed by atoms with Crippen molar-refractivity contribution in [3.8, 4) is 17.6 Å². The lowest BCUT2D eigenvalue weighted by Gasteiger charge is -2.42. The highest BCUT2D eigenvalue weighted by Crippen LogP contribution is 2.44. The molecular weight excluding hydrogens is 422 g/mol. The summed E-state index contributed by atoms with van der Waals surface area (Å²) in [6, 6.07) is 14.4. The summed E-state index contributed by atoms with van der Waals surface area (Å²) in [5.41, 5.74) is 5.08. The second-order valence-corrected chi connectivity index (χ2v) is 8.91. The summed E-state index contributed by atoms with van der Waals surface area (Å²) in [6.07, 6.45) is 0.255. The third kappa shape index (κ3) is 4.03. The molecule has 0 radical (unpaired) electrons. The maximum Gasteiger partial charge on any atom is 0.229 e. The average Bonchev–Trinajstić information content (AvgIpc) is 2.81. The molecule has 4 rings (SSSR count). The van der Waals surface area contributed by atoms with Crippen molar-refractivity contribution in [1.29, 1.82) is 5.26 Å². The first-order valence-corrected chi connectivity index (χ1v) is 11.7. The van der Waals surface area contributed by atoms with Crippen molar-refractivity contribution in [2.75, 3.05) is 31.2 Å². The number of hydrogen-bond acceptors (Lipinski definition) is 6. The number of ether oxygens (including phenoxy) is 2. The molecular formula is C25H27N3O3S. The second-order valence-electron chi connectivity index (χ2n) is 7.98. The summed E-state index contributed by atoms with van der Waals surface area (Å²) in [6.45, 7) is 7.09. The van der Waals surface area contributed by atoms with Crippen molar-refractivity contribution in [3.05, 3.63) is 63.7 Å². The Morgan fingerprint density at radius 1 is 1.16 bits per heavy atom. The zero-order valence-electron chi connectivity index (χ0n) is 18.8. The van der Waals surface area contributed by atoms with Gasteiger partial charge in [-0.2, -0.15) is 5.26 Å². The SMILES string of the molecule is CCOc1ccc([C@H]2CC(=O)N3CN(c4ccc(C)c(C)c4)CSC3=C2C#N)cc1OC. The van der Waals surface area contributed by atoms with Gasteiger partial charge in [-0.1, -0.05) is 23.9 Å². The first-order valence-electron chi connectivity index (χ1n) is 10.7. The quantitative estimate of drug-likeness (QED) is 0.645. The lowest BCUT2D eigenvalue weighted by molar-refractivity contribution is -0.129. The van der Waals surface area contributed by atoms with E-state index in [2.05, 4.69) is 43.0 Å². The fourth-order valence-corrected chi connectivity index (χ4v) is 5.28. The Labute approximate surface area is 193 Å². The average molecular weight is 450 g/mol. The van der Waals surface area contributed by atoms with Crippen LogP contribution < -0.4 is 14.4 Å². The zero-order valence-corrected chi connectivity index (χ0v) is 19.7. The number of anilines is 1. The molecule has 1 fully saturated rings. The summed E-state index contributed by atoms with van der Waals surface area (Å²) in [5.74, 6) is 1.69. The number of hydrogen-bond donors (Lipinski definition) is 0. The van der Waals surface area contributed by atoms with Crippen LogP contribution in [-0.2, 0) is 4.79 Å². The van der Waals surface area contributed by atoms with Crippen molar-refractivity contribution < 1.29 is 14.3 Å². The van der Waals surface area contributed by atoms with Crippen LogP contribution in [0, 0.1) is 25.2 Å². The van der Waals surface area contributed by atoms with Crippen LogP contribution in [0.2, 0.25) is 0 Å². The monoisotopic (exact) mass is 449 g/mol. The number of benzene rings is 2. The first-order chi connectivity index (χ1) is 15.5. The fraction of sp³-hybridized carbons (Fsp3) is 0.360. The van der Waals surface area contributed by atoms with E-state index in [1.807, 2.05) is 25.1 Å². The van der Waals surface area contributed by atoms with Gasteiger partial charge in [-0.05, 0) is 61.7 Å². The van der Waals surface area contributed by atoms with Crippen LogP contribution in [0.5, 0.6) is 11.5 Å². The van der Waals surface area contributed by atoms with Crippen LogP contribution in [-0.4, -0.2) is 37.1 Å². The highest BCUT2D eigenvalue weighted by Gasteiger charge is 2.38. The van der Waals surface area contributed by atoms with Gasteiger partial charge < -0.3 is 14.4 Å². The fourth-order valence-electron chi connectivity index (χ4n) is 4.11. The van der Waals surface area contributed by atoms with Crippen LogP contribution in [0.1, 0.15) is 36.0 Å². The number of carbonyl (C=O) groups is 1. The highest BCUT2D eigenvalue weighted by atomic mass is 32.2. The van der Waals surface area contributed by atoms with Crippen molar-refractivity contribution >= 4 is 23.4 Å². The normalized spacial score (nSPS) is 18.3. The van der Waals surface area contributed by atoms with Crippen LogP contribution in [0.3, 0.4) is 0 Å². The van der Waals surface area contributed by atoms with Gasteiger partial charge in [0.25, 0.3) is 0 Å². The van der Waals surface area contributed by atoms with Gasteiger partial charge in [-0.3, -0.25) is 9.69 Å². The Morgan fingerprint density at radius 2 is 1.97 bits per heavy atom. The van der Waals surface area contributed by atoms with E-state index in [1.54, 1.807) is 23.8 Å². The van der Waals surface area contributed by atoms with Crippen LogP contribution in [0.25, 0.3) is 0 Å². The van der Waals surface area contributed by atoms with Crippen LogP contribution in [0.4, 0.5) is 5.69 Å². The number of nitrogens with zero attached hydrogens (tertiary/aromatic N) is 3. The summed E-state index contributed by atoms with van der Waals surface area (Å²) < 4.78 is 11.1. The van der Waals surface area contributed by atoms with Crippen LogP contribution >= 0.6 is 11.8 Å².